The van der Waals surface area contributed by atoms with Crippen LogP contribution in [0.3, 0.4) is 0 Å². The zero-order valence-corrected chi connectivity index (χ0v) is 11.5. The molecule has 5 heteroatoms. The summed E-state index contributed by atoms with van der Waals surface area (Å²) in [6.45, 7) is 0. The molecule has 2 aromatic carbocycles. The molecule has 0 aliphatic carbocycles. The summed E-state index contributed by atoms with van der Waals surface area (Å²) in [4.78, 5) is 23.8. The van der Waals surface area contributed by atoms with Crippen molar-refractivity contribution in [3.05, 3.63) is 70.6 Å². The van der Waals surface area contributed by atoms with Crippen LogP contribution in [0.2, 0.25) is 5.15 Å². The van der Waals surface area contributed by atoms with Crippen molar-refractivity contribution in [2.45, 2.75) is 0 Å². The molecule has 0 aliphatic rings. The molecule has 0 aliphatic heterocycles. The highest BCUT2D eigenvalue weighted by Crippen LogP contribution is 2.29. The van der Waals surface area contributed by atoms with Crippen LogP contribution in [0.5, 0.6) is 0 Å². The van der Waals surface area contributed by atoms with Gasteiger partial charge in [-0.15, -0.1) is 0 Å². The van der Waals surface area contributed by atoms with Gasteiger partial charge in [0.05, 0.1) is 11.1 Å². The normalized spacial score (nSPS) is 10.8. The van der Waals surface area contributed by atoms with Crippen molar-refractivity contribution in [2.75, 3.05) is 0 Å². The molecule has 0 fully saturated rings. The van der Waals surface area contributed by atoms with Gasteiger partial charge >= 0.3 is 0 Å². The molecule has 21 heavy (non-hydrogen) atoms. The van der Waals surface area contributed by atoms with Crippen LogP contribution >= 0.6 is 11.6 Å². The number of nitrogens with zero attached hydrogens (tertiary/aromatic N) is 1. The molecule has 0 bridgehead atoms. The Morgan fingerprint density at radius 1 is 1.14 bits per heavy atom. The summed E-state index contributed by atoms with van der Waals surface area (Å²) < 4.78 is 14.5. The van der Waals surface area contributed by atoms with Gasteiger partial charge in [-0.1, -0.05) is 35.9 Å². The van der Waals surface area contributed by atoms with E-state index in [2.05, 4.69) is 0 Å². The number of carbonyl (C=O) groups excluding carboxylic acids is 2. The summed E-state index contributed by atoms with van der Waals surface area (Å²) in [6, 6.07) is 12.2. The zero-order valence-electron chi connectivity index (χ0n) is 10.7. The largest absolute Gasteiger partial charge is 0.298 e. The van der Waals surface area contributed by atoms with Crippen LogP contribution in [0.15, 0.2) is 48.5 Å². The molecule has 1 heterocycles. The molecule has 3 nitrogen and oxygen atoms in total. The van der Waals surface area contributed by atoms with Gasteiger partial charge < -0.3 is 0 Å². The highest BCUT2D eigenvalue weighted by Gasteiger charge is 2.20. The maximum absolute atomic E-state index is 13.3. The third kappa shape index (κ3) is 2.14. The van der Waals surface area contributed by atoms with Crippen LogP contribution in [-0.2, 0) is 0 Å². The SMILES string of the molecule is O=Cc1c(Cl)n(C(=O)c2cccc(F)c2)c2ccccc12. The molecule has 0 N–H and O–H groups in total. The van der Waals surface area contributed by atoms with Gasteiger partial charge in [0.25, 0.3) is 5.91 Å². The number of hydrogen-bond acceptors (Lipinski definition) is 2. The molecule has 1 aromatic heterocycles. The number of fused-ring (bicyclic) bond motifs is 1. The van der Waals surface area contributed by atoms with E-state index in [9.17, 15) is 14.0 Å². The number of hydrogen-bond donors (Lipinski definition) is 0. The summed E-state index contributed by atoms with van der Waals surface area (Å²) in [6.07, 6.45) is 0.611. The third-order valence-electron chi connectivity index (χ3n) is 3.25. The predicted octanol–water partition coefficient (Wildman–Crippen LogP) is 3.93. The quantitative estimate of drug-likeness (QED) is 0.673. The Kier molecular flexibility index (Phi) is 3.31. The third-order valence-corrected chi connectivity index (χ3v) is 3.62. The molecule has 0 saturated carbocycles. The van der Waals surface area contributed by atoms with Gasteiger partial charge in [0, 0.05) is 10.9 Å². The Labute approximate surface area is 124 Å². The zero-order chi connectivity index (χ0) is 15.0. The molecular formula is C16H9ClFNO2. The second kappa shape index (κ2) is 5.14. The second-order valence-corrected chi connectivity index (χ2v) is 4.85. The number of rotatable bonds is 2. The molecule has 104 valence electrons. The first-order valence-electron chi connectivity index (χ1n) is 6.18. The molecule has 0 radical (unpaired) electrons. The van der Waals surface area contributed by atoms with E-state index in [1.807, 2.05) is 0 Å². The minimum absolute atomic E-state index is 0.0282. The van der Waals surface area contributed by atoms with E-state index in [1.165, 1.54) is 22.8 Å². The molecule has 3 aromatic rings. The van der Waals surface area contributed by atoms with Crippen LogP contribution in [0.4, 0.5) is 4.39 Å². The minimum atomic E-state index is -0.510. The van der Waals surface area contributed by atoms with Gasteiger partial charge in [0.15, 0.2) is 6.29 Å². The summed E-state index contributed by atoms with van der Waals surface area (Å²) in [5.74, 6) is -0.993. The lowest BCUT2D eigenvalue weighted by molar-refractivity contribution is 0.0965. The number of benzene rings is 2. The molecule has 0 spiro atoms. The van der Waals surface area contributed by atoms with E-state index in [0.717, 1.165) is 6.07 Å². The molecular weight excluding hydrogens is 293 g/mol. The van der Waals surface area contributed by atoms with Crippen molar-refractivity contribution in [1.82, 2.24) is 4.57 Å². The summed E-state index contributed by atoms with van der Waals surface area (Å²) in [5, 5.41) is 0.614. The summed E-state index contributed by atoms with van der Waals surface area (Å²) >= 11 is 6.15. The first-order chi connectivity index (χ1) is 10.1. The van der Waals surface area contributed by atoms with Crippen LogP contribution in [0, 0.1) is 5.82 Å². The number of para-hydroxylation sites is 1. The lowest BCUT2D eigenvalue weighted by Gasteiger charge is -2.06. The van der Waals surface area contributed by atoms with Crippen molar-refractivity contribution in [2.24, 2.45) is 0 Å². The Hall–Kier alpha value is -2.46. The van der Waals surface area contributed by atoms with Crippen molar-refractivity contribution in [1.29, 1.82) is 0 Å². The fourth-order valence-electron chi connectivity index (χ4n) is 2.29. The summed E-state index contributed by atoms with van der Waals surface area (Å²) in [7, 11) is 0. The van der Waals surface area contributed by atoms with Gasteiger partial charge in [0.1, 0.15) is 11.0 Å². The second-order valence-electron chi connectivity index (χ2n) is 4.49. The summed E-state index contributed by atoms with van der Waals surface area (Å²) in [5.41, 5.74) is 0.922. The van der Waals surface area contributed by atoms with Crippen LogP contribution < -0.4 is 0 Å². The Balaban J connectivity index is 2.28. The standard InChI is InChI=1S/C16H9ClFNO2/c17-15-13(9-20)12-6-1-2-7-14(12)19(15)16(21)10-4-3-5-11(18)8-10/h1-9H. The lowest BCUT2D eigenvalue weighted by Crippen LogP contribution is -2.12. The van der Waals surface area contributed by atoms with E-state index in [0.29, 0.717) is 17.2 Å². The van der Waals surface area contributed by atoms with Crippen LogP contribution in [0.1, 0.15) is 20.7 Å². The number of aldehydes is 1. The molecule has 3 rings (SSSR count). The lowest BCUT2D eigenvalue weighted by atomic mass is 10.2. The fourth-order valence-corrected chi connectivity index (χ4v) is 2.61. The monoisotopic (exact) mass is 301 g/mol. The molecule has 0 saturated heterocycles. The highest BCUT2D eigenvalue weighted by atomic mass is 35.5. The highest BCUT2D eigenvalue weighted by molar-refractivity contribution is 6.36. The van der Waals surface area contributed by atoms with Gasteiger partial charge in [-0.25, -0.2) is 4.39 Å². The van der Waals surface area contributed by atoms with Gasteiger partial charge in [-0.3, -0.25) is 14.2 Å². The topological polar surface area (TPSA) is 39.1 Å². The average molecular weight is 302 g/mol. The van der Waals surface area contributed by atoms with Gasteiger partial charge in [-0.2, -0.15) is 0 Å². The minimum Gasteiger partial charge on any atom is -0.298 e. The molecule has 0 atom stereocenters. The van der Waals surface area contributed by atoms with Crippen molar-refractivity contribution < 1.29 is 14.0 Å². The van der Waals surface area contributed by atoms with Crippen molar-refractivity contribution >= 4 is 34.7 Å². The van der Waals surface area contributed by atoms with Gasteiger partial charge in [0.2, 0.25) is 0 Å². The van der Waals surface area contributed by atoms with Crippen LogP contribution in [0.25, 0.3) is 10.9 Å². The van der Waals surface area contributed by atoms with E-state index < -0.39 is 11.7 Å². The Morgan fingerprint density at radius 3 is 2.62 bits per heavy atom. The Morgan fingerprint density at radius 2 is 1.90 bits per heavy atom. The van der Waals surface area contributed by atoms with Gasteiger partial charge in [-0.05, 0) is 24.3 Å². The number of carbonyl (C=O) groups is 2. The van der Waals surface area contributed by atoms with Crippen molar-refractivity contribution in [3.63, 3.8) is 0 Å². The first-order valence-corrected chi connectivity index (χ1v) is 6.55. The van der Waals surface area contributed by atoms with E-state index >= 15 is 0 Å². The number of halogens is 2. The Bertz CT molecular complexity index is 870. The predicted molar refractivity (Wildman–Crippen MR) is 78.5 cm³/mol. The molecule has 0 amide bonds. The van der Waals surface area contributed by atoms with E-state index in [4.69, 9.17) is 11.6 Å². The molecule has 0 unspecified atom stereocenters. The first kappa shape index (κ1) is 13.5. The fraction of sp³-hybridized carbons (Fsp3) is 0. The van der Waals surface area contributed by atoms with E-state index in [1.54, 1.807) is 24.3 Å². The average Bonchev–Trinajstić information content (AvgIpc) is 2.78. The maximum atomic E-state index is 13.3. The van der Waals surface area contributed by atoms with E-state index in [-0.39, 0.29) is 16.3 Å². The number of aromatic nitrogens is 1. The maximum Gasteiger partial charge on any atom is 0.263 e. The van der Waals surface area contributed by atoms with Crippen LogP contribution in [-0.4, -0.2) is 16.8 Å². The smallest absolute Gasteiger partial charge is 0.263 e. The van der Waals surface area contributed by atoms with Crippen molar-refractivity contribution in [3.8, 4) is 0 Å².